The van der Waals surface area contributed by atoms with E-state index in [0.29, 0.717) is 6.54 Å². The zero-order valence-electron chi connectivity index (χ0n) is 12.3. The third-order valence-corrected chi connectivity index (χ3v) is 5.02. The van der Waals surface area contributed by atoms with Crippen LogP contribution in [0.5, 0.6) is 0 Å². The summed E-state index contributed by atoms with van der Waals surface area (Å²) in [6.07, 6.45) is 1.73. The smallest absolute Gasteiger partial charge is 0.103 e. The number of likely N-dealkylation sites (tertiary alicyclic amines) is 1. The molecule has 0 bridgehead atoms. The first kappa shape index (κ1) is 16.0. The Morgan fingerprint density at radius 3 is 2.77 bits per heavy atom. The summed E-state index contributed by atoms with van der Waals surface area (Å²) in [6, 6.07) is 16.0. The van der Waals surface area contributed by atoms with Crippen molar-refractivity contribution in [2.24, 2.45) is 0 Å². The van der Waals surface area contributed by atoms with Gasteiger partial charge in [0.2, 0.25) is 0 Å². The van der Waals surface area contributed by atoms with Crippen molar-refractivity contribution in [3.05, 3.63) is 69.2 Å². The second-order valence-corrected chi connectivity index (χ2v) is 7.30. The standard InChI is InChI=1S/C18H19BrClNO/c19-16-5-2-4-15(12-16)18(22)8-10-21(13-18)9-7-14-3-1-6-17(20)11-14/h1-6,11-12,22H,7-10,13H2. The van der Waals surface area contributed by atoms with Gasteiger partial charge >= 0.3 is 0 Å². The van der Waals surface area contributed by atoms with Crippen molar-refractivity contribution >= 4 is 27.5 Å². The molecule has 0 amide bonds. The van der Waals surface area contributed by atoms with Crippen LogP contribution in [0.4, 0.5) is 0 Å². The van der Waals surface area contributed by atoms with Crippen molar-refractivity contribution in [2.45, 2.75) is 18.4 Å². The van der Waals surface area contributed by atoms with Crippen LogP contribution in [-0.2, 0) is 12.0 Å². The van der Waals surface area contributed by atoms with E-state index in [9.17, 15) is 5.11 Å². The summed E-state index contributed by atoms with van der Waals surface area (Å²) in [5.41, 5.74) is 1.50. The van der Waals surface area contributed by atoms with E-state index in [1.807, 2.05) is 42.5 Å². The van der Waals surface area contributed by atoms with E-state index in [4.69, 9.17) is 11.6 Å². The molecule has 1 heterocycles. The lowest BCUT2D eigenvalue weighted by Gasteiger charge is -2.24. The highest BCUT2D eigenvalue weighted by Crippen LogP contribution is 2.33. The predicted molar refractivity (Wildman–Crippen MR) is 94.3 cm³/mol. The fraction of sp³-hybridized carbons (Fsp3) is 0.333. The van der Waals surface area contributed by atoms with Gasteiger partial charge in [0.1, 0.15) is 5.60 Å². The maximum Gasteiger partial charge on any atom is 0.103 e. The van der Waals surface area contributed by atoms with E-state index < -0.39 is 5.60 Å². The molecule has 0 aromatic heterocycles. The highest BCUT2D eigenvalue weighted by molar-refractivity contribution is 9.10. The number of β-amino-alcohol motifs (C(OH)–C–C–N with tert-alkyl or cyclic N) is 1. The molecule has 22 heavy (non-hydrogen) atoms. The van der Waals surface area contributed by atoms with Gasteiger partial charge in [0.15, 0.2) is 0 Å². The highest BCUT2D eigenvalue weighted by atomic mass is 79.9. The molecule has 1 fully saturated rings. The summed E-state index contributed by atoms with van der Waals surface area (Å²) in [4.78, 5) is 2.32. The predicted octanol–water partition coefficient (Wildman–Crippen LogP) is 4.24. The minimum Gasteiger partial charge on any atom is -0.384 e. The first-order valence-corrected chi connectivity index (χ1v) is 8.67. The minimum absolute atomic E-state index is 0.685. The monoisotopic (exact) mass is 379 g/mol. The lowest BCUT2D eigenvalue weighted by atomic mass is 9.93. The average molecular weight is 381 g/mol. The molecular weight excluding hydrogens is 362 g/mol. The Morgan fingerprint density at radius 1 is 1.18 bits per heavy atom. The van der Waals surface area contributed by atoms with Crippen LogP contribution in [0.1, 0.15) is 17.5 Å². The van der Waals surface area contributed by atoms with E-state index in [-0.39, 0.29) is 0 Å². The molecule has 0 aliphatic carbocycles. The molecule has 2 aromatic carbocycles. The lowest BCUT2D eigenvalue weighted by molar-refractivity contribution is 0.0462. The molecule has 0 saturated carbocycles. The van der Waals surface area contributed by atoms with Crippen molar-refractivity contribution in [2.75, 3.05) is 19.6 Å². The van der Waals surface area contributed by atoms with Gasteiger partial charge in [0, 0.05) is 29.1 Å². The molecule has 0 spiro atoms. The molecule has 3 rings (SSSR count). The molecule has 116 valence electrons. The summed E-state index contributed by atoms with van der Waals surface area (Å²) < 4.78 is 1.01. The summed E-state index contributed by atoms with van der Waals surface area (Å²) in [6.45, 7) is 2.55. The fourth-order valence-electron chi connectivity index (χ4n) is 3.06. The molecule has 1 aliphatic heterocycles. The second-order valence-electron chi connectivity index (χ2n) is 5.95. The number of hydrogen-bond acceptors (Lipinski definition) is 2. The number of hydrogen-bond donors (Lipinski definition) is 1. The molecule has 1 N–H and O–H groups in total. The van der Waals surface area contributed by atoms with Crippen molar-refractivity contribution in [3.8, 4) is 0 Å². The van der Waals surface area contributed by atoms with Crippen molar-refractivity contribution in [3.63, 3.8) is 0 Å². The van der Waals surface area contributed by atoms with E-state index in [1.165, 1.54) is 5.56 Å². The number of halogens is 2. The van der Waals surface area contributed by atoms with Crippen LogP contribution >= 0.6 is 27.5 Å². The molecule has 1 atom stereocenters. The van der Waals surface area contributed by atoms with Gasteiger partial charge < -0.3 is 5.11 Å². The molecular formula is C18H19BrClNO. The summed E-state index contributed by atoms with van der Waals surface area (Å²) in [7, 11) is 0. The van der Waals surface area contributed by atoms with Crippen molar-refractivity contribution in [1.82, 2.24) is 4.90 Å². The number of nitrogens with zero attached hydrogens (tertiary/aromatic N) is 1. The first-order chi connectivity index (χ1) is 10.5. The second kappa shape index (κ2) is 6.71. The largest absolute Gasteiger partial charge is 0.384 e. The molecule has 4 heteroatoms. The summed E-state index contributed by atoms with van der Waals surface area (Å²) >= 11 is 9.50. The van der Waals surface area contributed by atoms with Gasteiger partial charge in [-0.15, -0.1) is 0 Å². The van der Waals surface area contributed by atoms with Crippen LogP contribution in [-0.4, -0.2) is 29.6 Å². The molecule has 1 aliphatic rings. The third kappa shape index (κ3) is 3.72. The van der Waals surface area contributed by atoms with Crippen LogP contribution in [0.25, 0.3) is 0 Å². The Kier molecular flexibility index (Phi) is 4.88. The van der Waals surface area contributed by atoms with Crippen molar-refractivity contribution in [1.29, 1.82) is 0 Å². The first-order valence-electron chi connectivity index (χ1n) is 7.50. The minimum atomic E-state index is -0.738. The van der Waals surface area contributed by atoms with Crippen LogP contribution in [0.15, 0.2) is 53.0 Å². The van der Waals surface area contributed by atoms with E-state index in [1.54, 1.807) is 0 Å². The van der Waals surface area contributed by atoms with Crippen LogP contribution in [0, 0.1) is 0 Å². The summed E-state index contributed by atoms with van der Waals surface area (Å²) in [5.74, 6) is 0. The normalized spacial score (nSPS) is 22.1. The highest BCUT2D eigenvalue weighted by Gasteiger charge is 2.37. The van der Waals surface area contributed by atoms with Gasteiger partial charge in [-0.05, 0) is 48.2 Å². The van der Waals surface area contributed by atoms with Gasteiger partial charge in [-0.3, -0.25) is 4.90 Å². The Bertz CT molecular complexity index is 663. The zero-order valence-corrected chi connectivity index (χ0v) is 14.6. The SMILES string of the molecule is OC1(c2cccc(Br)c2)CCN(CCc2cccc(Cl)c2)C1. The quantitative estimate of drug-likeness (QED) is 0.857. The summed E-state index contributed by atoms with van der Waals surface area (Å²) in [5, 5.41) is 11.7. The Labute approximate surface area is 144 Å². The Balaban J connectivity index is 1.62. The number of aliphatic hydroxyl groups is 1. The van der Waals surface area contributed by atoms with E-state index in [2.05, 4.69) is 26.9 Å². The molecule has 2 aromatic rings. The third-order valence-electron chi connectivity index (χ3n) is 4.29. The molecule has 0 radical (unpaired) electrons. The number of rotatable bonds is 4. The van der Waals surface area contributed by atoms with Gasteiger partial charge in [-0.2, -0.15) is 0 Å². The van der Waals surface area contributed by atoms with Crippen molar-refractivity contribution < 1.29 is 5.11 Å². The molecule has 1 saturated heterocycles. The van der Waals surface area contributed by atoms with E-state index in [0.717, 1.165) is 41.0 Å². The molecule has 2 nitrogen and oxygen atoms in total. The van der Waals surface area contributed by atoms with Crippen LogP contribution in [0.2, 0.25) is 5.02 Å². The van der Waals surface area contributed by atoms with Gasteiger partial charge in [-0.1, -0.05) is 51.8 Å². The fourth-order valence-corrected chi connectivity index (χ4v) is 3.67. The maximum atomic E-state index is 10.9. The molecule has 1 unspecified atom stereocenters. The zero-order chi connectivity index (χ0) is 15.6. The Morgan fingerprint density at radius 2 is 2.00 bits per heavy atom. The number of benzene rings is 2. The van der Waals surface area contributed by atoms with E-state index >= 15 is 0 Å². The average Bonchev–Trinajstić information content (AvgIpc) is 2.88. The Hall–Kier alpha value is -0.870. The lowest BCUT2D eigenvalue weighted by Crippen LogP contribution is -2.31. The van der Waals surface area contributed by atoms with Gasteiger partial charge in [0.05, 0.1) is 0 Å². The maximum absolute atomic E-state index is 10.9. The topological polar surface area (TPSA) is 23.5 Å². The van der Waals surface area contributed by atoms with Gasteiger partial charge in [-0.25, -0.2) is 0 Å². The van der Waals surface area contributed by atoms with Crippen LogP contribution < -0.4 is 0 Å². The van der Waals surface area contributed by atoms with Crippen LogP contribution in [0.3, 0.4) is 0 Å². The van der Waals surface area contributed by atoms with Gasteiger partial charge in [0.25, 0.3) is 0 Å².